The number of piperidine rings is 1. The molecule has 0 aliphatic carbocycles. The fourth-order valence-corrected chi connectivity index (χ4v) is 3.61. The standard InChI is InChI=1S/C14H24N2OS/c1-3-13-4-5-14(18-13)10-16-7-6-12(17-2)8-11(16)9-15/h4-5,11-12H,3,6-10,15H2,1-2H3. The summed E-state index contributed by atoms with van der Waals surface area (Å²) in [5.74, 6) is 0. The molecule has 1 aliphatic heterocycles. The van der Waals surface area contributed by atoms with E-state index in [0.29, 0.717) is 12.1 Å². The molecule has 0 aromatic carbocycles. The fourth-order valence-electron chi connectivity index (χ4n) is 2.63. The molecule has 0 radical (unpaired) electrons. The van der Waals surface area contributed by atoms with Crippen molar-refractivity contribution in [3.63, 3.8) is 0 Å². The maximum Gasteiger partial charge on any atom is 0.0599 e. The first-order valence-corrected chi connectivity index (χ1v) is 7.63. The average Bonchev–Trinajstić information content (AvgIpc) is 2.87. The minimum absolute atomic E-state index is 0.393. The summed E-state index contributed by atoms with van der Waals surface area (Å²) in [7, 11) is 1.81. The molecule has 2 atom stereocenters. The number of aryl methyl sites for hydroxylation is 1. The van der Waals surface area contributed by atoms with Gasteiger partial charge >= 0.3 is 0 Å². The molecule has 2 rings (SSSR count). The van der Waals surface area contributed by atoms with E-state index in [9.17, 15) is 0 Å². The zero-order chi connectivity index (χ0) is 13.0. The maximum atomic E-state index is 5.90. The highest BCUT2D eigenvalue weighted by Gasteiger charge is 2.27. The van der Waals surface area contributed by atoms with Crippen LogP contribution in [0.2, 0.25) is 0 Å². The zero-order valence-electron chi connectivity index (χ0n) is 11.4. The molecule has 2 unspecified atom stereocenters. The van der Waals surface area contributed by atoms with Gasteiger partial charge in [-0.05, 0) is 31.4 Å². The highest BCUT2D eigenvalue weighted by molar-refractivity contribution is 7.11. The summed E-state index contributed by atoms with van der Waals surface area (Å²) in [4.78, 5) is 5.45. The molecule has 1 aliphatic rings. The molecule has 4 heteroatoms. The molecule has 1 saturated heterocycles. The van der Waals surface area contributed by atoms with Crippen molar-refractivity contribution in [1.82, 2.24) is 4.90 Å². The number of likely N-dealkylation sites (tertiary alicyclic amines) is 1. The van der Waals surface area contributed by atoms with Crippen molar-refractivity contribution in [2.75, 3.05) is 20.2 Å². The summed E-state index contributed by atoms with van der Waals surface area (Å²) in [6, 6.07) is 4.98. The number of ether oxygens (including phenoxy) is 1. The van der Waals surface area contributed by atoms with Gasteiger partial charge < -0.3 is 10.5 Å². The molecule has 1 fully saturated rings. The number of hydrogen-bond donors (Lipinski definition) is 1. The fraction of sp³-hybridized carbons (Fsp3) is 0.714. The van der Waals surface area contributed by atoms with Gasteiger partial charge in [-0.25, -0.2) is 0 Å². The van der Waals surface area contributed by atoms with Crippen LogP contribution in [-0.4, -0.2) is 37.2 Å². The van der Waals surface area contributed by atoms with Crippen molar-refractivity contribution in [1.29, 1.82) is 0 Å². The second kappa shape index (κ2) is 6.66. The van der Waals surface area contributed by atoms with Crippen LogP contribution < -0.4 is 5.73 Å². The molecular formula is C14H24N2OS. The molecule has 0 bridgehead atoms. The molecule has 0 spiro atoms. The van der Waals surface area contributed by atoms with Crippen LogP contribution in [0.15, 0.2) is 12.1 Å². The van der Waals surface area contributed by atoms with Gasteiger partial charge in [0, 0.05) is 42.5 Å². The van der Waals surface area contributed by atoms with Gasteiger partial charge in [0.15, 0.2) is 0 Å². The first-order valence-electron chi connectivity index (χ1n) is 6.81. The van der Waals surface area contributed by atoms with E-state index in [1.165, 1.54) is 9.75 Å². The SMILES string of the molecule is CCc1ccc(CN2CCC(OC)CC2CN)s1. The molecule has 0 amide bonds. The van der Waals surface area contributed by atoms with Crippen molar-refractivity contribution >= 4 is 11.3 Å². The summed E-state index contributed by atoms with van der Waals surface area (Å²) in [6.45, 7) is 5.08. The van der Waals surface area contributed by atoms with Gasteiger partial charge in [0.2, 0.25) is 0 Å². The molecule has 18 heavy (non-hydrogen) atoms. The Bertz CT molecular complexity index is 366. The van der Waals surface area contributed by atoms with Crippen molar-refractivity contribution < 1.29 is 4.74 Å². The van der Waals surface area contributed by atoms with Crippen LogP contribution in [0.1, 0.15) is 29.5 Å². The minimum Gasteiger partial charge on any atom is -0.381 e. The molecule has 2 heterocycles. The molecule has 3 nitrogen and oxygen atoms in total. The Morgan fingerprint density at radius 3 is 2.83 bits per heavy atom. The van der Waals surface area contributed by atoms with Gasteiger partial charge in [-0.2, -0.15) is 0 Å². The third-order valence-electron chi connectivity index (χ3n) is 3.82. The quantitative estimate of drug-likeness (QED) is 0.890. The normalized spacial score (nSPS) is 25.5. The van der Waals surface area contributed by atoms with Crippen molar-refractivity contribution in [3.05, 3.63) is 21.9 Å². The minimum atomic E-state index is 0.393. The molecular weight excluding hydrogens is 244 g/mol. The Hall–Kier alpha value is -0.420. The average molecular weight is 268 g/mol. The van der Waals surface area contributed by atoms with Crippen LogP contribution in [0.4, 0.5) is 0 Å². The van der Waals surface area contributed by atoms with Crippen LogP contribution in [0.5, 0.6) is 0 Å². The van der Waals surface area contributed by atoms with E-state index in [-0.39, 0.29) is 0 Å². The van der Waals surface area contributed by atoms with Crippen LogP contribution in [0, 0.1) is 0 Å². The van der Waals surface area contributed by atoms with E-state index in [0.717, 1.165) is 38.9 Å². The van der Waals surface area contributed by atoms with E-state index >= 15 is 0 Å². The Morgan fingerprint density at radius 2 is 2.22 bits per heavy atom. The summed E-state index contributed by atoms with van der Waals surface area (Å²) < 4.78 is 5.46. The van der Waals surface area contributed by atoms with Crippen molar-refractivity contribution in [2.24, 2.45) is 5.73 Å². The summed E-state index contributed by atoms with van der Waals surface area (Å²) in [6.07, 6.45) is 3.72. The van der Waals surface area contributed by atoms with Gasteiger partial charge in [0.25, 0.3) is 0 Å². The molecule has 2 N–H and O–H groups in total. The molecule has 0 saturated carbocycles. The predicted octanol–water partition coefficient (Wildman–Crippen LogP) is 2.25. The molecule has 1 aromatic rings. The van der Waals surface area contributed by atoms with E-state index in [1.54, 1.807) is 7.11 Å². The first kappa shape index (κ1) is 14.0. The van der Waals surface area contributed by atoms with Crippen LogP contribution in [-0.2, 0) is 17.7 Å². The van der Waals surface area contributed by atoms with Gasteiger partial charge in [0.1, 0.15) is 0 Å². The second-order valence-electron chi connectivity index (χ2n) is 4.96. The summed E-state index contributed by atoms with van der Waals surface area (Å²) >= 11 is 1.93. The lowest BCUT2D eigenvalue weighted by molar-refractivity contribution is 0.0106. The number of rotatable bonds is 5. The molecule has 1 aromatic heterocycles. The summed E-state index contributed by atoms with van der Waals surface area (Å²) in [5, 5.41) is 0. The van der Waals surface area contributed by atoms with Crippen LogP contribution >= 0.6 is 11.3 Å². The monoisotopic (exact) mass is 268 g/mol. The maximum absolute atomic E-state index is 5.90. The van der Waals surface area contributed by atoms with Gasteiger partial charge in [-0.3, -0.25) is 4.90 Å². The first-order chi connectivity index (χ1) is 8.76. The van der Waals surface area contributed by atoms with E-state index in [2.05, 4.69) is 24.0 Å². The molecule has 102 valence electrons. The third-order valence-corrected chi connectivity index (χ3v) is 5.03. The Kier molecular flexibility index (Phi) is 5.18. The Morgan fingerprint density at radius 1 is 1.44 bits per heavy atom. The Labute approximate surface area is 114 Å². The lowest BCUT2D eigenvalue weighted by Crippen LogP contribution is -2.47. The highest BCUT2D eigenvalue weighted by Crippen LogP contribution is 2.24. The highest BCUT2D eigenvalue weighted by atomic mass is 32.1. The van der Waals surface area contributed by atoms with Gasteiger partial charge in [-0.15, -0.1) is 11.3 Å². The van der Waals surface area contributed by atoms with Crippen molar-refractivity contribution in [2.45, 2.75) is 44.9 Å². The Balaban J connectivity index is 1.95. The van der Waals surface area contributed by atoms with Crippen LogP contribution in [0.25, 0.3) is 0 Å². The second-order valence-corrected chi connectivity index (χ2v) is 6.22. The van der Waals surface area contributed by atoms with E-state index in [4.69, 9.17) is 10.5 Å². The van der Waals surface area contributed by atoms with Gasteiger partial charge in [-0.1, -0.05) is 6.92 Å². The van der Waals surface area contributed by atoms with Crippen LogP contribution in [0.3, 0.4) is 0 Å². The smallest absolute Gasteiger partial charge is 0.0599 e. The largest absolute Gasteiger partial charge is 0.381 e. The lowest BCUT2D eigenvalue weighted by Gasteiger charge is -2.38. The summed E-state index contributed by atoms with van der Waals surface area (Å²) in [5.41, 5.74) is 5.90. The van der Waals surface area contributed by atoms with Gasteiger partial charge in [0.05, 0.1) is 6.10 Å². The van der Waals surface area contributed by atoms with E-state index in [1.807, 2.05) is 11.3 Å². The third kappa shape index (κ3) is 3.32. The topological polar surface area (TPSA) is 38.5 Å². The number of nitrogens with zero attached hydrogens (tertiary/aromatic N) is 1. The number of methoxy groups -OCH3 is 1. The van der Waals surface area contributed by atoms with E-state index < -0.39 is 0 Å². The van der Waals surface area contributed by atoms with Crippen molar-refractivity contribution in [3.8, 4) is 0 Å². The number of nitrogens with two attached hydrogens (primary N) is 1. The number of thiophene rings is 1. The lowest BCUT2D eigenvalue weighted by atomic mass is 9.99. The predicted molar refractivity (Wildman–Crippen MR) is 77.0 cm³/mol. The zero-order valence-corrected chi connectivity index (χ0v) is 12.2. The number of hydrogen-bond acceptors (Lipinski definition) is 4.